The summed E-state index contributed by atoms with van der Waals surface area (Å²) in [5.41, 5.74) is 0. The van der Waals surface area contributed by atoms with Gasteiger partial charge in [0.1, 0.15) is 5.01 Å². The molecular weight excluding hydrogens is 300 g/mol. The molecule has 0 radical (unpaired) electrons. The summed E-state index contributed by atoms with van der Waals surface area (Å²) in [7, 11) is -0.292. The average Bonchev–Trinajstić information content (AvgIpc) is 2.96. The predicted molar refractivity (Wildman–Crippen MR) is 78.5 cm³/mol. The standard InChI is InChI=1S/C11H20N4O3S2/c1-4-10-12-13-11(19-10)15-5-8(9(16)6-15)7-20(17,18)14(2)3/h8-9,16H,4-7H2,1-3H3/t8-,9+/m0/s1. The molecule has 0 aromatic carbocycles. The third-order valence-electron chi connectivity index (χ3n) is 3.42. The number of hydrogen-bond donors (Lipinski definition) is 1. The van der Waals surface area contributed by atoms with E-state index in [0.29, 0.717) is 13.1 Å². The summed E-state index contributed by atoms with van der Waals surface area (Å²) in [5.74, 6) is -0.340. The van der Waals surface area contributed by atoms with Crippen molar-refractivity contribution in [2.24, 2.45) is 5.92 Å². The van der Waals surface area contributed by atoms with E-state index in [9.17, 15) is 13.5 Å². The summed E-state index contributed by atoms with van der Waals surface area (Å²) in [4.78, 5) is 1.91. The van der Waals surface area contributed by atoms with Crippen molar-refractivity contribution in [2.75, 3.05) is 37.8 Å². The van der Waals surface area contributed by atoms with Crippen LogP contribution in [0.4, 0.5) is 5.13 Å². The highest BCUT2D eigenvalue weighted by Crippen LogP contribution is 2.28. The summed E-state index contributed by atoms with van der Waals surface area (Å²) in [6.07, 6.45) is 0.172. The van der Waals surface area contributed by atoms with Gasteiger partial charge in [0.15, 0.2) is 0 Å². The third kappa shape index (κ3) is 3.27. The molecule has 0 bridgehead atoms. The van der Waals surface area contributed by atoms with Gasteiger partial charge in [0.2, 0.25) is 15.2 Å². The van der Waals surface area contributed by atoms with Gasteiger partial charge in [0.05, 0.1) is 11.9 Å². The van der Waals surface area contributed by atoms with Crippen molar-refractivity contribution < 1.29 is 13.5 Å². The van der Waals surface area contributed by atoms with Crippen LogP contribution in [0.25, 0.3) is 0 Å². The Bertz CT molecular complexity index is 558. The van der Waals surface area contributed by atoms with Crippen molar-refractivity contribution in [1.29, 1.82) is 0 Å². The molecule has 1 aliphatic rings. The SMILES string of the molecule is CCc1nnc(N2C[C@@H](CS(=O)(=O)N(C)C)[C@H](O)C2)s1. The van der Waals surface area contributed by atoms with Crippen LogP contribution in [-0.4, -0.2) is 67.1 Å². The van der Waals surface area contributed by atoms with E-state index in [-0.39, 0.29) is 11.7 Å². The molecule has 9 heteroatoms. The first-order chi connectivity index (χ1) is 9.33. The van der Waals surface area contributed by atoms with Crippen LogP contribution in [-0.2, 0) is 16.4 Å². The number of anilines is 1. The van der Waals surface area contributed by atoms with Gasteiger partial charge >= 0.3 is 0 Å². The van der Waals surface area contributed by atoms with Crippen molar-refractivity contribution in [3.8, 4) is 0 Å². The summed E-state index contributed by atoms with van der Waals surface area (Å²) in [6, 6.07) is 0. The number of aryl methyl sites for hydroxylation is 1. The van der Waals surface area contributed by atoms with Gasteiger partial charge in [-0.3, -0.25) is 0 Å². The second-order valence-electron chi connectivity index (χ2n) is 5.13. The number of hydrogen-bond acceptors (Lipinski definition) is 7. The fourth-order valence-corrected chi connectivity index (χ4v) is 4.07. The van der Waals surface area contributed by atoms with E-state index >= 15 is 0 Å². The number of rotatable bonds is 5. The quantitative estimate of drug-likeness (QED) is 0.808. The average molecular weight is 320 g/mol. The second kappa shape index (κ2) is 5.92. The van der Waals surface area contributed by atoms with Crippen LogP contribution in [0.1, 0.15) is 11.9 Å². The molecule has 1 aliphatic heterocycles. The molecule has 0 saturated carbocycles. The van der Waals surface area contributed by atoms with Gasteiger partial charge in [-0.15, -0.1) is 10.2 Å². The fraction of sp³-hybridized carbons (Fsp3) is 0.818. The minimum absolute atomic E-state index is 0.0445. The first-order valence-corrected chi connectivity index (χ1v) is 8.91. The molecule has 1 saturated heterocycles. The van der Waals surface area contributed by atoms with Crippen molar-refractivity contribution in [3.05, 3.63) is 5.01 Å². The second-order valence-corrected chi connectivity index (χ2v) is 8.39. The Hall–Kier alpha value is -0.770. The largest absolute Gasteiger partial charge is 0.391 e. The normalized spacial score (nSPS) is 23.8. The molecule has 0 unspecified atom stereocenters. The van der Waals surface area contributed by atoms with E-state index < -0.39 is 16.1 Å². The smallest absolute Gasteiger partial charge is 0.214 e. The van der Waals surface area contributed by atoms with Crippen LogP contribution in [0.2, 0.25) is 0 Å². The first kappa shape index (κ1) is 15.6. The number of nitrogens with zero attached hydrogens (tertiary/aromatic N) is 4. The molecule has 1 aromatic rings. The third-order valence-corrected chi connectivity index (χ3v) is 6.51. The Kier molecular flexibility index (Phi) is 4.62. The molecule has 114 valence electrons. The zero-order chi connectivity index (χ0) is 14.9. The lowest BCUT2D eigenvalue weighted by Gasteiger charge is -2.17. The highest BCUT2D eigenvalue weighted by atomic mass is 32.2. The molecule has 2 rings (SSSR count). The molecule has 1 aromatic heterocycles. The van der Waals surface area contributed by atoms with Gasteiger partial charge in [0.25, 0.3) is 0 Å². The fourth-order valence-electron chi connectivity index (χ4n) is 2.11. The molecule has 20 heavy (non-hydrogen) atoms. The van der Waals surface area contributed by atoms with E-state index in [1.54, 1.807) is 0 Å². The lowest BCUT2D eigenvalue weighted by atomic mass is 10.1. The maximum Gasteiger partial charge on any atom is 0.214 e. The molecule has 2 heterocycles. The minimum atomic E-state index is -3.31. The van der Waals surface area contributed by atoms with E-state index in [0.717, 1.165) is 16.6 Å². The first-order valence-electron chi connectivity index (χ1n) is 6.49. The highest BCUT2D eigenvalue weighted by molar-refractivity contribution is 7.89. The van der Waals surface area contributed by atoms with Crippen molar-refractivity contribution in [2.45, 2.75) is 19.4 Å². The van der Waals surface area contributed by atoms with Gasteiger partial charge in [-0.25, -0.2) is 12.7 Å². The van der Waals surface area contributed by atoms with Crippen LogP contribution < -0.4 is 4.90 Å². The number of aromatic nitrogens is 2. The Morgan fingerprint density at radius 2 is 2.10 bits per heavy atom. The maximum absolute atomic E-state index is 11.9. The van der Waals surface area contributed by atoms with Crippen LogP contribution in [0.15, 0.2) is 0 Å². The Morgan fingerprint density at radius 1 is 1.40 bits per heavy atom. The van der Waals surface area contributed by atoms with E-state index in [1.807, 2.05) is 11.8 Å². The summed E-state index contributed by atoms with van der Waals surface area (Å²) in [6.45, 7) is 2.91. The van der Waals surface area contributed by atoms with Crippen LogP contribution >= 0.6 is 11.3 Å². The Balaban J connectivity index is 2.05. The van der Waals surface area contributed by atoms with E-state index in [1.165, 1.54) is 29.7 Å². The van der Waals surface area contributed by atoms with Crippen LogP contribution in [0, 0.1) is 5.92 Å². The van der Waals surface area contributed by atoms with Gasteiger partial charge in [0, 0.05) is 33.1 Å². The number of β-amino-alcohol motifs (C(OH)–C–C–N with tert-alkyl or cyclic N) is 1. The van der Waals surface area contributed by atoms with Gasteiger partial charge < -0.3 is 10.0 Å². The zero-order valence-electron chi connectivity index (χ0n) is 11.9. The highest BCUT2D eigenvalue weighted by Gasteiger charge is 2.36. The van der Waals surface area contributed by atoms with Gasteiger partial charge in [-0.05, 0) is 6.42 Å². The molecular formula is C11H20N4O3S2. The lowest BCUT2D eigenvalue weighted by Crippen LogP contribution is -2.33. The summed E-state index contributed by atoms with van der Waals surface area (Å²) >= 11 is 1.49. The van der Waals surface area contributed by atoms with Crippen molar-refractivity contribution in [1.82, 2.24) is 14.5 Å². The zero-order valence-corrected chi connectivity index (χ0v) is 13.5. The van der Waals surface area contributed by atoms with E-state index in [2.05, 4.69) is 10.2 Å². The van der Waals surface area contributed by atoms with Crippen LogP contribution in [0.3, 0.4) is 0 Å². The molecule has 0 amide bonds. The maximum atomic E-state index is 11.9. The van der Waals surface area contributed by atoms with Gasteiger partial charge in [-0.1, -0.05) is 18.3 Å². The molecule has 7 nitrogen and oxygen atoms in total. The monoisotopic (exact) mass is 320 g/mol. The molecule has 0 aliphatic carbocycles. The summed E-state index contributed by atoms with van der Waals surface area (Å²) in [5, 5.41) is 19.9. The van der Waals surface area contributed by atoms with E-state index in [4.69, 9.17) is 0 Å². The Morgan fingerprint density at radius 3 is 2.65 bits per heavy atom. The number of sulfonamides is 1. The topological polar surface area (TPSA) is 86.6 Å². The lowest BCUT2D eigenvalue weighted by molar-refractivity contribution is 0.157. The van der Waals surface area contributed by atoms with Crippen molar-refractivity contribution in [3.63, 3.8) is 0 Å². The molecule has 1 N–H and O–H groups in total. The number of aliphatic hydroxyl groups is 1. The molecule has 1 fully saturated rings. The number of aliphatic hydroxyl groups excluding tert-OH is 1. The van der Waals surface area contributed by atoms with Crippen LogP contribution in [0.5, 0.6) is 0 Å². The van der Waals surface area contributed by atoms with Crippen molar-refractivity contribution >= 4 is 26.5 Å². The molecule has 0 spiro atoms. The minimum Gasteiger partial charge on any atom is -0.391 e. The Labute approximate surface area is 123 Å². The molecule has 2 atom stereocenters. The summed E-state index contributed by atoms with van der Waals surface area (Å²) < 4.78 is 25.0. The predicted octanol–water partition coefficient (Wildman–Crippen LogP) is -0.211. The van der Waals surface area contributed by atoms with Gasteiger partial charge in [-0.2, -0.15) is 0 Å².